The fourth-order valence-electron chi connectivity index (χ4n) is 4.19. The molecule has 26 heavy (non-hydrogen) atoms. The van der Waals surface area contributed by atoms with Crippen LogP contribution in [0.2, 0.25) is 0 Å². The quantitative estimate of drug-likeness (QED) is 0.914. The van der Waals surface area contributed by atoms with Crippen LogP contribution >= 0.6 is 0 Å². The minimum absolute atomic E-state index is 0.0557. The van der Waals surface area contributed by atoms with Gasteiger partial charge in [0.25, 0.3) is 5.91 Å². The Morgan fingerprint density at radius 3 is 2.69 bits per heavy atom. The Bertz CT molecular complexity index is 824. The maximum absolute atomic E-state index is 12.9. The van der Waals surface area contributed by atoms with Crippen LogP contribution in [0.1, 0.15) is 29.8 Å². The highest BCUT2D eigenvalue weighted by molar-refractivity contribution is 5.95. The third-order valence-corrected chi connectivity index (χ3v) is 5.33. The Labute approximate surface area is 151 Å². The van der Waals surface area contributed by atoms with Crippen LogP contribution in [0.25, 0.3) is 0 Å². The minimum atomic E-state index is -0.926. The first-order chi connectivity index (χ1) is 12.6. The molecule has 1 amide bonds. The summed E-state index contributed by atoms with van der Waals surface area (Å²) in [4.78, 5) is 30.3. The molecule has 3 unspecified atom stereocenters. The number of fused-ring (bicyclic) bond motifs is 1. The zero-order valence-corrected chi connectivity index (χ0v) is 14.2. The SMILES string of the molecule is O=C(O)C1C2CCCC2CN1C(=O)c1cc(Oc2ccccc2)ccn1. The van der Waals surface area contributed by atoms with Gasteiger partial charge in [-0.25, -0.2) is 4.79 Å². The number of carbonyl (C=O) groups excluding carboxylic acids is 1. The van der Waals surface area contributed by atoms with Gasteiger partial charge in [0.05, 0.1) is 0 Å². The van der Waals surface area contributed by atoms with E-state index in [1.54, 1.807) is 12.1 Å². The van der Waals surface area contributed by atoms with E-state index in [-0.39, 0.29) is 23.4 Å². The van der Waals surface area contributed by atoms with E-state index < -0.39 is 12.0 Å². The van der Waals surface area contributed by atoms with Crippen LogP contribution in [-0.2, 0) is 4.79 Å². The number of carbonyl (C=O) groups is 2. The number of hydrogen-bond acceptors (Lipinski definition) is 4. The summed E-state index contributed by atoms with van der Waals surface area (Å²) in [5, 5.41) is 9.64. The molecule has 1 aromatic heterocycles. The average Bonchev–Trinajstić information content (AvgIpc) is 3.22. The van der Waals surface area contributed by atoms with E-state index >= 15 is 0 Å². The van der Waals surface area contributed by atoms with Crippen molar-refractivity contribution in [3.8, 4) is 11.5 Å². The standard InChI is InChI=1S/C20H20N2O4/c23-19(22-12-13-5-4-8-16(13)18(22)20(24)25)17-11-15(9-10-21-17)26-14-6-2-1-3-7-14/h1-3,6-7,9-11,13,16,18H,4-5,8,12H2,(H,24,25). The number of aromatic nitrogens is 1. The fraction of sp³-hybridized carbons (Fsp3) is 0.350. The molecule has 1 saturated heterocycles. The molecule has 1 N–H and O–H groups in total. The van der Waals surface area contributed by atoms with E-state index in [2.05, 4.69) is 4.98 Å². The van der Waals surface area contributed by atoms with Gasteiger partial charge in [0.2, 0.25) is 0 Å². The van der Waals surface area contributed by atoms with Gasteiger partial charge in [-0.2, -0.15) is 0 Å². The van der Waals surface area contributed by atoms with Gasteiger partial charge in [-0.3, -0.25) is 9.78 Å². The Hall–Kier alpha value is -2.89. The van der Waals surface area contributed by atoms with Crippen LogP contribution < -0.4 is 4.74 Å². The molecule has 2 aliphatic rings. The van der Waals surface area contributed by atoms with E-state index in [9.17, 15) is 14.7 Å². The van der Waals surface area contributed by atoms with Crippen LogP contribution in [0.3, 0.4) is 0 Å². The normalized spacial score (nSPS) is 24.3. The lowest BCUT2D eigenvalue weighted by Crippen LogP contribution is -2.43. The van der Waals surface area contributed by atoms with Crippen LogP contribution in [0, 0.1) is 11.8 Å². The van der Waals surface area contributed by atoms with Gasteiger partial charge in [0.15, 0.2) is 0 Å². The molecular formula is C20H20N2O4. The summed E-state index contributed by atoms with van der Waals surface area (Å²) in [7, 11) is 0. The molecule has 0 radical (unpaired) electrons. The lowest BCUT2D eigenvalue weighted by atomic mass is 9.94. The first-order valence-corrected chi connectivity index (χ1v) is 8.86. The zero-order chi connectivity index (χ0) is 18.1. The smallest absolute Gasteiger partial charge is 0.326 e. The number of para-hydroxylation sites is 1. The summed E-state index contributed by atoms with van der Waals surface area (Å²) < 4.78 is 5.75. The summed E-state index contributed by atoms with van der Waals surface area (Å²) in [6, 6.07) is 11.8. The fourth-order valence-corrected chi connectivity index (χ4v) is 4.19. The maximum Gasteiger partial charge on any atom is 0.326 e. The third kappa shape index (κ3) is 3.03. The number of ether oxygens (including phenoxy) is 1. The molecule has 6 heteroatoms. The molecule has 1 aromatic carbocycles. The second-order valence-corrected chi connectivity index (χ2v) is 6.89. The Kier molecular flexibility index (Phi) is 4.32. The van der Waals surface area contributed by atoms with Crippen molar-refractivity contribution in [1.29, 1.82) is 0 Å². The van der Waals surface area contributed by atoms with Crippen LogP contribution in [-0.4, -0.2) is 39.5 Å². The van der Waals surface area contributed by atoms with Gasteiger partial charge in [-0.1, -0.05) is 24.6 Å². The Balaban J connectivity index is 1.56. The molecule has 2 fully saturated rings. The van der Waals surface area contributed by atoms with E-state index in [1.807, 2.05) is 30.3 Å². The highest BCUT2D eigenvalue weighted by Crippen LogP contribution is 2.42. The van der Waals surface area contributed by atoms with E-state index in [0.29, 0.717) is 18.0 Å². The summed E-state index contributed by atoms with van der Waals surface area (Å²) in [5.74, 6) is 0.232. The summed E-state index contributed by atoms with van der Waals surface area (Å²) in [5.41, 5.74) is 0.213. The van der Waals surface area contributed by atoms with Gasteiger partial charge in [-0.05, 0) is 42.9 Å². The van der Waals surface area contributed by atoms with Crippen molar-refractivity contribution in [2.45, 2.75) is 25.3 Å². The summed E-state index contributed by atoms with van der Waals surface area (Å²) >= 11 is 0. The molecular weight excluding hydrogens is 332 g/mol. The number of aliphatic carboxylic acids is 1. The molecule has 6 nitrogen and oxygen atoms in total. The monoisotopic (exact) mass is 352 g/mol. The molecule has 1 aliphatic heterocycles. The van der Waals surface area contributed by atoms with Gasteiger partial charge in [0.1, 0.15) is 23.2 Å². The van der Waals surface area contributed by atoms with Crippen molar-refractivity contribution in [3.05, 3.63) is 54.4 Å². The molecule has 4 rings (SSSR count). The predicted molar refractivity (Wildman–Crippen MR) is 94.0 cm³/mol. The van der Waals surface area contributed by atoms with Crippen molar-refractivity contribution in [1.82, 2.24) is 9.88 Å². The lowest BCUT2D eigenvalue weighted by Gasteiger charge is -2.24. The number of pyridine rings is 1. The van der Waals surface area contributed by atoms with Crippen molar-refractivity contribution in [2.24, 2.45) is 11.8 Å². The molecule has 0 bridgehead atoms. The average molecular weight is 352 g/mol. The van der Waals surface area contributed by atoms with E-state index in [4.69, 9.17) is 4.74 Å². The lowest BCUT2D eigenvalue weighted by molar-refractivity contribution is -0.142. The second kappa shape index (κ2) is 6.78. The van der Waals surface area contributed by atoms with Crippen molar-refractivity contribution in [3.63, 3.8) is 0 Å². The maximum atomic E-state index is 12.9. The number of amides is 1. The predicted octanol–water partition coefficient (Wildman–Crippen LogP) is 3.20. The number of likely N-dealkylation sites (tertiary alicyclic amines) is 1. The van der Waals surface area contributed by atoms with Gasteiger partial charge < -0.3 is 14.7 Å². The minimum Gasteiger partial charge on any atom is -0.480 e. The second-order valence-electron chi connectivity index (χ2n) is 6.89. The van der Waals surface area contributed by atoms with E-state index in [0.717, 1.165) is 19.3 Å². The zero-order valence-electron chi connectivity index (χ0n) is 14.2. The van der Waals surface area contributed by atoms with Crippen LogP contribution in [0.5, 0.6) is 11.5 Å². The molecule has 2 heterocycles. The van der Waals surface area contributed by atoms with Gasteiger partial charge in [-0.15, -0.1) is 0 Å². The number of nitrogens with zero attached hydrogens (tertiary/aromatic N) is 2. The summed E-state index contributed by atoms with van der Waals surface area (Å²) in [6.07, 6.45) is 4.41. The number of rotatable bonds is 4. The first kappa shape index (κ1) is 16.6. The molecule has 3 atom stereocenters. The number of hydrogen-bond donors (Lipinski definition) is 1. The van der Waals surface area contributed by atoms with Gasteiger partial charge in [0, 0.05) is 18.8 Å². The Morgan fingerprint density at radius 1 is 1.12 bits per heavy atom. The first-order valence-electron chi connectivity index (χ1n) is 8.86. The number of carboxylic acids is 1. The number of carboxylic acid groups (broad SMARTS) is 1. The van der Waals surface area contributed by atoms with Crippen LogP contribution in [0.4, 0.5) is 0 Å². The highest BCUT2D eigenvalue weighted by Gasteiger charge is 2.49. The molecule has 0 spiro atoms. The molecule has 2 aromatic rings. The molecule has 1 aliphatic carbocycles. The van der Waals surface area contributed by atoms with Crippen LogP contribution in [0.15, 0.2) is 48.7 Å². The van der Waals surface area contributed by atoms with Crippen molar-refractivity contribution < 1.29 is 19.4 Å². The van der Waals surface area contributed by atoms with Crippen molar-refractivity contribution in [2.75, 3.05) is 6.54 Å². The summed E-state index contributed by atoms with van der Waals surface area (Å²) in [6.45, 7) is 0.492. The highest BCUT2D eigenvalue weighted by atomic mass is 16.5. The topological polar surface area (TPSA) is 79.7 Å². The molecule has 134 valence electrons. The Morgan fingerprint density at radius 2 is 1.92 bits per heavy atom. The third-order valence-electron chi connectivity index (χ3n) is 5.33. The largest absolute Gasteiger partial charge is 0.480 e. The van der Waals surface area contributed by atoms with Gasteiger partial charge >= 0.3 is 5.97 Å². The molecule has 1 saturated carbocycles. The van der Waals surface area contributed by atoms with Crippen molar-refractivity contribution >= 4 is 11.9 Å². The number of benzene rings is 1. The van der Waals surface area contributed by atoms with E-state index in [1.165, 1.54) is 11.1 Å².